The topological polar surface area (TPSA) is 65.4 Å². The zero-order valence-electron chi connectivity index (χ0n) is 8.97. The fourth-order valence-corrected chi connectivity index (χ4v) is 2.14. The van der Waals surface area contributed by atoms with E-state index in [9.17, 15) is 0 Å². The number of rotatable bonds is 1. The molecule has 0 saturated carbocycles. The van der Waals surface area contributed by atoms with Crippen LogP contribution >= 0.6 is 0 Å². The third-order valence-corrected chi connectivity index (χ3v) is 2.98. The predicted molar refractivity (Wildman–Crippen MR) is 59.9 cm³/mol. The van der Waals surface area contributed by atoms with Crippen LogP contribution in [0, 0.1) is 0 Å². The first kappa shape index (κ1) is 9.59. The van der Waals surface area contributed by atoms with E-state index in [1.54, 1.807) is 16.8 Å². The van der Waals surface area contributed by atoms with E-state index >= 15 is 0 Å². The Morgan fingerprint density at radius 1 is 1.44 bits per heavy atom. The van der Waals surface area contributed by atoms with E-state index < -0.39 is 0 Å². The van der Waals surface area contributed by atoms with E-state index in [4.69, 9.17) is 10.5 Å². The molecule has 0 bridgehead atoms. The van der Waals surface area contributed by atoms with Gasteiger partial charge in [-0.25, -0.2) is 4.98 Å². The van der Waals surface area contributed by atoms with Crippen LogP contribution in [0.15, 0.2) is 18.5 Å². The molecule has 1 unspecified atom stereocenters. The van der Waals surface area contributed by atoms with Gasteiger partial charge in [0.1, 0.15) is 5.82 Å². The van der Waals surface area contributed by atoms with Gasteiger partial charge in [0.2, 0.25) is 0 Å². The fraction of sp³-hybridized carbons (Fsp3) is 0.455. The molecule has 1 saturated heterocycles. The molecule has 5 nitrogen and oxygen atoms in total. The van der Waals surface area contributed by atoms with Crippen molar-refractivity contribution in [3.8, 4) is 0 Å². The van der Waals surface area contributed by atoms with Crippen LogP contribution in [0.1, 0.15) is 30.9 Å². The summed E-state index contributed by atoms with van der Waals surface area (Å²) in [6.07, 6.45) is 7.03. The summed E-state index contributed by atoms with van der Waals surface area (Å²) in [5.74, 6) is 0.604. The predicted octanol–water partition coefficient (Wildman–Crippen LogP) is 1.55. The van der Waals surface area contributed by atoms with Crippen LogP contribution in [-0.2, 0) is 4.74 Å². The van der Waals surface area contributed by atoms with Gasteiger partial charge >= 0.3 is 0 Å². The van der Waals surface area contributed by atoms with E-state index in [1.165, 1.54) is 6.42 Å². The number of nitrogen functional groups attached to an aromatic ring is 1. The molecule has 2 N–H and O–H groups in total. The van der Waals surface area contributed by atoms with Crippen molar-refractivity contribution in [3.05, 3.63) is 24.0 Å². The third-order valence-electron chi connectivity index (χ3n) is 2.98. The standard InChI is InChI=1S/C11H14N4O/c12-10-4-5-13-11-8(7-14-15(10)11)9-3-1-2-6-16-9/h4-5,7,9H,1-3,6,12H2. The normalized spacial score (nSPS) is 21.4. The molecule has 0 radical (unpaired) electrons. The summed E-state index contributed by atoms with van der Waals surface area (Å²) in [4.78, 5) is 4.32. The Morgan fingerprint density at radius 3 is 3.19 bits per heavy atom. The Morgan fingerprint density at radius 2 is 2.38 bits per heavy atom. The Bertz CT molecular complexity index is 502. The second-order valence-electron chi connectivity index (χ2n) is 4.06. The van der Waals surface area contributed by atoms with Crippen LogP contribution in [0.2, 0.25) is 0 Å². The van der Waals surface area contributed by atoms with Gasteiger partial charge in [0.15, 0.2) is 5.65 Å². The summed E-state index contributed by atoms with van der Waals surface area (Å²) in [5, 5.41) is 4.24. The number of nitrogens with two attached hydrogens (primary N) is 1. The summed E-state index contributed by atoms with van der Waals surface area (Å²) in [7, 11) is 0. The molecule has 0 spiro atoms. The number of anilines is 1. The maximum Gasteiger partial charge on any atom is 0.163 e. The van der Waals surface area contributed by atoms with Crippen molar-refractivity contribution in [1.29, 1.82) is 0 Å². The van der Waals surface area contributed by atoms with Crippen molar-refractivity contribution in [2.45, 2.75) is 25.4 Å². The van der Waals surface area contributed by atoms with Gasteiger partial charge in [-0.05, 0) is 25.3 Å². The average Bonchev–Trinajstić information content (AvgIpc) is 2.75. The van der Waals surface area contributed by atoms with Gasteiger partial charge < -0.3 is 10.5 Å². The van der Waals surface area contributed by atoms with E-state index in [1.807, 2.05) is 6.20 Å². The number of ether oxygens (including phenoxy) is 1. The second kappa shape index (κ2) is 3.75. The maximum atomic E-state index is 5.82. The molecule has 3 heterocycles. The molecule has 3 rings (SSSR count). The van der Waals surface area contributed by atoms with Crippen molar-refractivity contribution in [1.82, 2.24) is 14.6 Å². The van der Waals surface area contributed by atoms with Crippen molar-refractivity contribution in [3.63, 3.8) is 0 Å². The molecule has 5 heteroatoms. The minimum Gasteiger partial charge on any atom is -0.384 e. The maximum absolute atomic E-state index is 5.82. The van der Waals surface area contributed by atoms with Crippen LogP contribution in [-0.4, -0.2) is 21.2 Å². The van der Waals surface area contributed by atoms with Gasteiger partial charge in [-0.3, -0.25) is 0 Å². The summed E-state index contributed by atoms with van der Waals surface area (Å²) in [5.41, 5.74) is 7.68. The lowest BCUT2D eigenvalue weighted by Crippen LogP contribution is -2.11. The summed E-state index contributed by atoms with van der Waals surface area (Å²) in [6, 6.07) is 1.74. The lowest BCUT2D eigenvalue weighted by Gasteiger charge is -2.21. The molecule has 2 aromatic heterocycles. The van der Waals surface area contributed by atoms with E-state index in [2.05, 4.69) is 10.1 Å². The quantitative estimate of drug-likeness (QED) is 0.788. The van der Waals surface area contributed by atoms with Gasteiger partial charge in [0.25, 0.3) is 0 Å². The lowest BCUT2D eigenvalue weighted by atomic mass is 10.0. The number of nitrogens with zero attached hydrogens (tertiary/aromatic N) is 3. The fourth-order valence-electron chi connectivity index (χ4n) is 2.14. The van der Waals surface area contributed by atoms with E-state index in [0.717, 1.165) is 30.7 Å². The number of hydrogen-bond donors (Lipinski definition) is 1. The zero-order valence-corrected chi connectivity index (χ0v) is 8.97. The van der Waals surface area contributed by atoms with Crippen LogP contribution in [0.4, 0.5) is 5.82 Å². The monoisotopic (exact) mass is 218 g/mol. The lowest BCUT2D eigenvalue weighted by molar-refractivity contribution is 0.0157. The highest BCUT2D eigenvalue weighted by molar-refractivity contribution is 5.52. The molecule has 1 aliphatic rings. The summed E-state index contributed by atoms with van der Waals surface area (Å²) < 4.78 is 7.40. The number of aromatic nitrogens is 3. The van der Waals surface area contributed by atoms with Crippen molar-refractivity contribution < 1.29 is 4.74 Å². The van der Waals surface area contributed by atoms with Gasteiger partial charge in [-0.1, -0.05) is 0 Å². The highest BCUT2D eigenvalue weighted by Crippen LogP contribution is 2.30. The Hall–Kier alpha value is -1.62. The average molecular weight is 218 g/mol. The smallest absolute Gasteiger partial charge is 0.163 e. The van der Waals surface area contributed by atoms with Gasteiger partial charge in [0, 0.05) is 18.4 Å². The van der Waals surface area contributed by atoms with Gasteiger partial charge in [-0.15, -0.1) is 0 Å². The molecule has 16 heavy (non-hydrogen) atoms. The molecule has 1 atom stereocenters. The molecule has 0 aromatic carbocycles. The van der Waals surface area contributed by atoms with E-state index in [-0.39, 0.29) is 6.10 Å². The Kier molecular flexibility index (Phi) is 2.25. The summed E-state index contributed by atoms with van der Waals surface area (Å²) in [6.45, 7) is 0.824. The zero-order chi connectivity index (χ0) is 11.0. The van der Waals surface area contributed by atoms with Gasteiger partial charge in [0.05, 0.1) is 12.3 Å². The SMILES string of the molecule is Nc1ccnc2c(C3CCCCO3)cnn12. The summed E-state index contributed by atoms with van der Waals surface area (Å²) >= 11 is 0. The van der Waals surface area contributed by atoms with Crippen LogP contribution in [0.25, 0.3) is 5.65 Å². The first-order valence-electron chi connectivity index (χ1n) is 5.56. The van der Waals surface area contributed by atoms with Crippen molar-refractivity contribution in [2.24, 2.45) is 0 Å². The number of hydrogen-bond acceptors (Lipinski definition) is 4. The minimum absolute atomic E-state index is 0.126. The largest absolute Gasteiger partial charge is 0.384 e. The number of fused-ring (bicyclic) bond motifs is 1. The molecule has 1 fully saturated rings. The molecule has 2 aromatic rings. The Balaban J connectivity index is 2.06. The van der Waals surface area contributed by atoms with Crippen molar-refractivity contribution >= 4 is 11.5 Å². The molecule has 1 aliphatic heterocycles. The first-order valence-corrected chi connectivity index (χ1v) is 5.56. The van der Waals surface area contributed by atoms with E-state index in [0.29, 0.717) is 5.82 Å². The highest BCUT2D eigenvalue weighted by atomic mass is 16.5. The van der Waals surface area contributed by atoms with Gasteiger partial charge in [-0.2, -0.15) is 9.61 Å². The third kappa shape index (κ3) is 1.44. The molecule has 0 aliphatic carbocycles. The molecular weight excluding hydrogens is 204 g/mol. The highest BCUT2D eigenvalue weighted by Gasteiger charge is 2.20. The molecule has 84 valence electrons. The first-order chi connectivity index (χ1) is 7.86. The molecule has 0 amide bonds. The minimum atomic E-state index is 0.126. The van der Waals surface area contributed by atoms with Crippen molar-refractivity contribution in [2.75, 3.05) is 12.3 Å². The van der Waals surface area contributed by atoms with Crippen LogP contribution in [0.5, 0.6) is 0 Å². The van der Waals surface area contributed by atoms with Crippen LogP contribution in [0.3, 0.4) is 0 Å². The molecular formula is C11H14N4O. The second-order valence-corrected chi connectivity index (χ2v) is 4.06. The Labute approximate surface area is 93.2 Å². The van der Waals surface area contributed by atoms with Crippen LogP contribution < -0.4 is 5.73 Å².